The summed E-state index contributed by atoms with van der Waals surface area (Å²) in [5, 5.41) is 7.86. The Hall–Kier alpha value is -1.31. The van der Waals surface area contributed by atoms with Gasteiger partial charge in [-0.15, -0.1) is 0 Å². The van der Waals surface area contributed by atoms with Crippen LogP contribution in [0, 0.1) is 19.3 Å². The Labute approximate surface area is 110 Å². The molecule has 0 heterocycles. The van der Waals surface area contributed by atoms with Crippen LogP contribution in [-0.2, 0) is 10.2 Å². The van der Waals surface area contributed by atoms with E-state index in [2.05, 4.69) is 32.0 Å². The summed E-state index contributed by atoms with van der Waals surface area (Å²) in [6, 6.07) is 6.80. The highest BCUT2D eigenvalue weighted by Crippen LogP contribution is 2.44. The zero-order valence-corrected chi connectivity index (χ0v) is 11.7. The van der Waals surface area contributed by atoms with Gasteiger partial charge in [0.15, 0.2) is 5.90 Å². The lowest BCUT2D eigenvalue weighted by Gasteiger charge is -2.30. The Morgan fingerprint density at radius 3 is 2.22 bits per heavy atom. The van der Waals surface area contributed by atoms with E-state index in [1.54, 1.807) is 7.11 Å². The second-order valence-corrected chi connectivity index (χ2v) is 5.67. The van der Waals surface area contributed by atoms with Gasteiger partial charge in [-0.05, 0) is 32.3 Å². The Kier molecular flexibility index (Phi) is 3.74. The van der Waals surface area contributed by atoms with Crippen LogP contribution in [0.3, 0.4) is 0 Å². The molecule has 2 rings (SSSR count). The van der Waals surface area contributed by atoms with Gasteiger partial charge >= 0.3 is 0 Å². The van der Waals surface area contributed by atoms with Gasteiger partial charge in [0.2, 0.25) is 0 Å². The van der Waals surface area contributed by atoms with Crippen molar-refractivity contribution in [1.29, 1.82) is 5.41 Å². The molecule has 1 aromatic rings. The maximum absolute atomic E-state index is 7.86. The number of rotatable bonds is 3. The van der Waals surface area contributed by atoms with Crippen molar-refractivity contribution in [2.24, 2.45) is 0 Å². The first kappa shape index (κ1) is 13.1. The molecule has 1 aromatic carbocycles. The van der Waals surface area contributed by atoms with Crippen molar-refractivity contribution >= 4 is 5.90 Å². The first-order chi connectivity index (χ1) is 8.55. The molecule has 1 aliphatic carbocycles. The SMILES string of the molecule is COC(=N)CC1(c2cc(C)cc(C)c2)CCCC1. The van der Waals surface area contributed by atoms with E-state index in [0.29, 0.717) is 5.90 Å². The van der Waals surface area contributed by atoms with Gasteiger partial charge < -0.3 is 4.74 Å². The Morgan fingerprint density at radius 1 is 1.17 bits per heavy atom. The highest BCUT2D eigenvalue weighted by molar-refractivity contribution is 5.74. The number of aryl methyl sites for hydroxylation is 2. The monoisotopic (exact) mass is 245 g/mol. The van der Waals surface area contributed by atoms with E-state index in [-0.39, 0.29) is 5.41 Å². The average Bonchev–Trinajstić information content (AvgIpc) is 2.77. The predicted octanol–water partition coefficient (Wildman–Crippen LogP) is 4.13. The maximum Gasteiger partial charge on any atom is 0.180 e. The van der Waals surface area contributed by atoms with Gasteiger partial charge in [0, 0.05) is 11.8 Å². The van der Waals surface area contributed by atoms with E-state index in [9.17, 15) is 0 Å². The van der Waals surface area contributed by atoms with Crippen LogP contribution in [-0.4, -0.2) is 13.0 Å². The molecule has 1 fully saturated rings. The van der Waals surface area contributed by atoms with Crippen molar-refractivity contribution in [2.75, 3.05) is 7.11 Å². The number of methoxy groups -OCH3 is 1. The Bertz CT molecular complexity index is 424. The Morgan fingerprint density at radius 2 is 1.72 bits per heavy atom. The lowest BCUT2D eigenvalue weighted by Crippen LogP contribution is -2.26. The molecule has 1 aliphatic rings. The number of nitrogens with one attached hydrogen (secondary N) is 1. The van der Waals surface area contributed by atoms with E-state index in [4.69, 9.17) is 10.1 Å². The highest BCUT2D eigenvalue weighted by Gasteiger charge is 2.37. The molecule has 2 nitrogen and oxygen atoms in total. The molecule has 1 N–H and O–H groups in total. The zero-order chi connectivity index (χ0) is 13.2. The van der Waals surface area contributed by atoms with Crippen LogP contribution in [0.4, 0.5) is 0 Å². The summed E-state index contributed by atoms with van der Waals surface area (Å²) in [7, 11) is 1.60. The summed E-state index contributed by atoms with van der Waals surface area (Å²) in [6.07, 6.45) is 5.64. The molecule has 0 amide bonds. The molecule has 0 unspecified atom stereocenters. The topological polar surface area (TPSA) is 33.1 Å². The van der Waals surface area contributed by atoms with Crippen LogP contribution in [0.25, 0.3) is 0 Å². The summed E-state index contributed by atoms with van der Waals surface area (Å²) in [5.74, 6) is 0.413. The first-order valence-electron chi connectivity index (χ1n) is 6.76. The van der Waals surface area contributed by atoms with Crippen LogP contribution in [0.2, 0.25) is 0 Å². The number of hydrogen-bond acceptors (Lipinski definition) is 2. The van der Waals surface area contributed by atoms with Crippen molar-refractivity contribution in [3.8, 4) is 0 Å². The standard InChI is InChI=1S/C16H23NO/c1-12-8-13(2)10-14(9-12)16(6-4-5-7-16)11-15(17)18-3/h8-10,17H,4-7,11H2,1-3H3. The average molecular weight is 245 g/mol. The molecule has 0 bridgehead atoms. The van der Waals surface area contributed by atoms with Gasteiger partial charge in [-0.2, -0.15) is 0 Å². The van der Waals surface area contributed by atoms with Crippen molar-refractivity contribution in [1.82, 2.24) is 0 Å². The fourth-order valence-corrected chi connectivity index (χ4v) is 3.28. The molecule has 18 heavy (non-hydrogen) atoms. The maximum atomic E-state index is 7.86. The Balaban J connectivity index is 2.37. The van der Waals surface area contributed by atoms with E-state index < -0.39 is 0 Å². The van der Waals surface area contributed by atoms with Crippen molar-refractivity contribution in [3.63, 3.8) is 0 Å². The summed E-state index contributed by atoms with van der Waals surface area (Å²) < 4.78 is 5.10. The molecule has 0 saturated heterocycles. The number of hydrogen-bond donors (Lipinski definition) is 1. The minimum absolute atomic E-state index is 0.143. The summed E-state index contributed by atoms with van der Waals surface area (Å²) in [5.41, 5.74) is 4.18. The van der Waals surface area contributed by atoms with Crippen LogP contribution >= 0.6 is 0 Å². The highest BCUT2D eigenvalue weighted by atomic mass is 16.5. The van der Waals surface area contributed by atoms with E-state index >= 15 is 0 Å². The second kappa shape index (κ2) is 5.13. The van der Waals surface area contributed by atoms with Crippen molar-refractivity contribution < 1.29 is 4.74 Å². The van der Waals surface area contributed by atoms with Crippen molar-refractivity contribution in [3.05, 3.63) is 34.9 Å². The zero-order valence-electron chi connectivity index (χ0n) is 11.7. The molecule has 0 radical (unpaired) electrons. The summed E-state index contributed by atoms with van der Waals surface area (Å²) in [4.78, 5) is 0. The van der Waals surface area contributed by atoms with Gasteiger partial charge in [-0.3, -0.25) is 5.41 Å². The number of benzene rings is 1. The van der Waals surface area contributed by atoms with E-state index in [1.807, 2.05) is 0 Å². The predicted molar refractivity (Wildman–Crippen MR) is 75.4 cm³/mol. The normalized spacial score (nSPS) is 17.7. The van der Waals surface area contributed by atoms with E-state index in [0.717, 1.165) is 6.42 Å². The molecular formula is C16H23NO. The van der Waals surface area contributed by atoms with Gasteiger partial charge in [0.05, 0.1) is 7.11 Å². The second-order valence-electron chi connectivity index (χ2n) is 5.67. The minimum atomic E-state index is 0.143. The van der Waals surface area contributed by atoms with Crippen LogP contribution < -0.4 is 0 Å². The molecule has 98 valence electrons. The first-order valence-corrected chi connectivity index (χ1v) is 6.76. The quantitative estimate of drug-likeness (QED) is 0.630. The molecule has 1 saturated carbocycles. The third-order valence-corrected chi connectivity index (χ3v) is 4.14. The summed E-state index contributed by atoms with van der Waals surface area (Å²) in [6.45, 7) is 4.31. The van der Waals surface area contributed by atoms with Crippen LogP contribution in [0.1, 0.15) is 48.8 Å². The third kappa shape index (κ3) is 2.58. The third-order valence-electron chi connectivity index (χ3n) is 4.14. The lowest BCUT2D eigenvalue weighted by atomic mass is 9.75. The largest absolute Gasteiger partial charge is 0.484 e. The van der Waals surface area contributed by atoms with Gasteiger partial charge in [0.1, 0.15) is 0 Å². The fourth-order valence-electron chi connectivity index (χ4n) is 3.28. The van der Waals surface area contributed by atoms with Crippen molar-refractivity contribution in [2.45, 2.75) is 51.4 Å². The minimum Gasteiger partial charge on any atom is -0.484 e. The number of ether oxygens (including phenoxy) is 1. The smallest absolute Gasteiger partial charge is 0.180 e. The molecular weight excluding hydrogens is 222 g/mol. The molecule has 0 atom stereocenters. The lowest BCUT2D eigenvalue weighted by molar-refractivity contribution is 0.350. The van der Waals surface area contributed by atoms with Crippen LogP contribution in [0.15, 0.2) is 18.2 Å². The molecule has 0 spiro atoms. The fraction of sp³-hybridized carbons (Fsp3) is 0.562. The van der Waals surface area contributed by atoms with Gasteiger partial charge in [-0.25, -0.2) is 0 Å². The molecule has 0 aromatic heterocycles. The van der Waals surface area contributed by atoms with Gasteiger partial charge in [-0.1, -0.05) is 42.2 Å². The molecule has 0 aliphatic heterocycles. The van der Waals surface area contributed by atoms with E-state index in [1.165, 1.54) is 42.4 Å². The van der Waals surface area contributed by atoms with Crippen LogP contribution in [0.5, 0.6) is 0 Å². The van der Waals surface area contributed by atoms with Gasteiger partial charge in [0.25, 0.3) is 0 Å². The molecule has 2 heteroatoms. The summed E-state index contributed by atoms with van der Waals surface area (Å²) >= 11 is 0.